The molecule has 0 N–H and O–H groups in total. The number of allylic oxidation sites excluding steroid dienone is 2. The predicted octanol–water partition coefficient (Wildman–Crippen LogP) is 4.20. The lowest BCUT2D eigenvalue weighted by atomic mass is 10.0. The van der Waals surface area contributed by atoms with Crippen molar-refractivity contribution in [2.24, 2.45) is 10.2 Å². The van der Waals surface area contributed by atoms with Gasteiger partial charge in [-0.05, 0) is 30.5 Å². The molecule has 0 fully saturated rings. The maximum Gasteiger partial charge on any atom is 0.0928 e. The molecule has 0 amide bonds. The molecule has 0 spiro atoms. The average Bonchev–Trinajstić information content (AvgIpc) is 2.48. The summed E-state index contributed by atoms with van der Waals surface area (Å²) in [7, 11) is 0. The predicted molar refractivity (Wildman–Crippen MR) is 86.6 cm³/mol. The molecule has 0 aromatic heterocycles. The van der Waals surface area contributed by atoms with Gasteiger partial charge in [-0.1, -0.05) is 60.7 Å². The molecule has 0 radical (unpaired) electrons. The van der Waals surface area contributed by atoms with Crippen molar-refractivity contribution in [3.05, 3.63) is 83.4 Å². The van der Waals surface area contributed by atoms with Crippen molar-refractivity contribution in [1.82, 2.24) is 0 Å². The standard InChI is InChI=1S/C18H18N2/c1-15-9-6-7-13-17(15)18(20-19-2)14-8-12-16-10-4-3-5-11-16/h3-11,13-14H,2,12H2,1H3/b14-8-,20-18?. The molecule has 0 bridgehead atoms. The van der Waals surface area contributed by atoms with Crippen LogP contribution in [-0.2, 0) is 6.42 Å². The second kappa shape index (κ2) is 7.19. The molecule has 2 rings (SSSR count). The molecule has 0 unspecified atom stereocenters. The van der Waals surface area contributed by atoms with E-state index in [0.717, 1.165) is 17.7 Å². The fourth-order valence-electron chi connectivity index (χ4n) is 2.03. The number of benzene rings is 2. The van der Waals surface area contributed by atoms with Crippen LogP contribution in [0.3, 0.4) is 0 Å². The van der Waals surface area contributed by atoms with Crippen LogP contribution in [0.2, 0.25) is 0 Å². The highest BCUT2D eigenvalue weighted by molar-refractivity contribution is 6.09. The van der Waals surface area contributed by atoms with Crippen LogP contribution < -0.4 is 0 Å². The topological polar surface area (TPSA) is 24.7 Å². The fourth-order valence-corrected chi connectivity index (χ4v) is 2.03. The van der Waals surface area contributed by atoms with Crippen molar-refractivity contribution >= 4 is 12.4 Å². The highest BCUT2D eigenvalue weighted by atomic mass is 15.2. The van der Waals surface area contributed by atoms with Gasteiger partial charge in [0.15, 0.2) is 0 Å². The monoisotopic (exact) mass is 262 g/mol. The van der Waals surface area contributed by atoms with Gasteiger partial charge in [0.25, 0.3) is 0 Å². The van der Waals surface area contributed by atoms with Gasteiger partial charge in [-0.25, -0.2) is 0 Å². The zero-order valence-electron chi connectivity index (χ0n) is 11.7. The minimum atomic E-state index is 0.842. The number of rotatable bonds is 5. The Labute approximate surface area is 120 Å². The van der Waals surface area contributed by atoms with Crippen molar-refractivity contribution < 1.29 is 0 Å². The molecule has 0 atom stereocenters. The van der Waals surface area contributed by atoms with E-state index in [4.69, 9.17) is 0 Å². The van der Waals surface area contributed by atoms with Gasteiger partial charge in [0.1, 0.15) is 0 Å². The zero-order chi connectivity index (χ0) is 14.2. The lowest BCUT2D eigenvalue weighted by Gasteiger charge is -2.04. The van der Waals surface area contributed by atoms with Gasteiger partial charge >= 0.3 is 0 Å². The van der Waals surface area contributed by atoms with Crippen LogP contribution in [0.15, 0.2) is 77.0 Å². The Kier molecular flexibility index (Phi) is 5.01. The molecule has 0 saturated carbocycles. The normalized spacial score (nSPS) is 11.8. The van der Waals surface area contributed by atoms with E-state index in [-0.39, 0.29) is 0 Å². The highest BCUT2D eigenvalue weighted by Gasteiger charge is 2.02. The summed E-state index contributed by atoms with van der Waals surface area (Å²) >= 11 is 0. The summed E-state index contributed by atoms with van der Waals surface area (Å²) < 4.78 is 0. The molecule has 0 aliphatic heterocycles. The maximum atomic E-state index is 4.13. The summed E-state index contributed by atoms with van der Waals surface area (Å²) in [5.74, 6) is 0. The van der Waals surface area contributed by atoms with Crippen LogP contribution in [-0.4, -0.2) is 12.4 Å². The Morgan fingerprint density at radius 3 is 2.45 bits per heavy atom. The molecule has 2 heteroatoms. The first kappa shape index (κ1) is 13.9. The Bertz CT molecular complexity index is 625. The van der Waals surface area contributed by atoms with E-state index in [0.29, 0.717) is 0 Å². The average molecular weight is 262 g/mol. The van der Waals surface area contributed by atoms with Crippen LogP contribution in [0.1, 0.15) is 16.7 Å². The first-order chi connectivity index (χ1) is 9.81. The Balaban J connectivity index is 2.17. The first-order valence-electron chi connectivity index (χ1n) is 6.61. The summed E-state index contributed by atoms with van der Waals surface area (Å²) in [5.41, 5.74) is 4.39. The van der Waals surface area contributed by atoms with Crippen LogP contribution in [0, 0.1) is 6.92 Å². The van der Waals surface area contributed by atoms with E-state index < -0.39 is 0 Å². The molecule has 20 heavy (non-hydrogen) atoms. The summed E-state index contributed by atoms with van der Waals surface area (Å²) in [6.07, 6.45) is 4.98. The first-order valence-corrected chi connectivity index (χ1v) is 6.61. The molecule has 2 nitrogen and oxygen atoms in total. The smallest absolute Gasteiger partial charge is 0.0928 e. The Hall–Kier alpha value is -2.48. The highest BCUT2D eigenvalue weighted by Crippen LogP contribution is 2.10. The number of aryl methyl sites for hydroxylation is 1. The second-order valence-electron chi connectivity index (χ2n) is 4.53. The summed E-state index contributed by atoms with van der Waals surface area (Å²) in [6, 6.07) is 18.5. The van der Waals surface area contributed by atoms with Crippen LogP contribution in [0.25, 0.3) is 0 Å². The van der Waals surface area contributed by atoms with Gasteiger partial charge in [0.05, 0.1) is 5.71 Å². The minimum absolute atomic E-state index is 0.842. The fraction of sp³-hybridized carbons (Fsp3) is 0.111. The third-order valence-corrected chi connectivity index (χ3v) is 3.07. The molecule has 0 saturated heterocycles. The van der Waals surface area contributed by atoms with E-state index in [1.54, 1.807) is 0 Å². The SMILES string of the molecule is C=NN=C(/C=C\Cc1ccccc1)c1ccccc1C. The molecular weight excluding hydrogens is 244 g/mol. The summed E-state index contributed by atoms with van der Waals surface area (Å²) in [5, 5.41) is 7.80. The molecule has 0 aliphatic rings. The number of hydrogen-bond acceptors (Lipinski definition) is 2. The van der Waals surface area contributed by atoms with E-state index in [1.807, 2.05) is 42.5 Å². The molecule has 0 heterocycles. The van der Waals surface area contributed by atoms with Crippen LogP contribution in [0.4, 0.5) is 0 Å². The largest absolute Gasteiger partial charge is 0.166 e. The summed E-state index contributed by atoms with van der Waals surface area (Å²) in [4.78, 5) is 0. The molecular formula is C18H18N2. The lowest BCUT2D eigenvalue weighted by Crippen LogP contribution is -1.99. The van der Waals surface area contributed by atoms with Gasteiger partial charge < -0.3 is 0 Å². The van der Waals surface area contributed by atoms with E-state index >= 15 is 0 Å². The molecule has 2 aromatic carbocycles. The van der Waals surface area contributed by atoms with Crippen LogP contribution in [0.5, 0.6) is 0 Å². The third-order valence-electron chi connectivity index (χ3n) is 3.07. The Morgan fingerprint density at radius 1 is 1.05 bits per heavy atom. The molecule has 0 aliphatic carbocycles. The Morgan fingerprint density at radius 2 is 1.75 bits per heavy atom. The van der Waals surface area contributed by atoms with Crippen molar-refractivity contribution in [3.8, 4) is 0 Å². The van der Waals surface area contributed by atoms with Gasteiger partial charge in [-0.2, -0.15) is 10.2 Å². The van der Waals surface area contributed by atoms with Crippen molar-refractivity contribution in [2.75, 3.05) is 0 Å². The van der Waals surface area contributed by atoms with Crippen molar-refractivity contribution in [3.63, 3.8) is 0 Å². The molecule has 100 valence electrons. The second-order valence-corrected chi connectivity index (χ2v) is 4.53. The minimum Gasteiger partial charge on any atom is -0.166 e. The van der Waals surface area contributed by atoms with Gasteiger partial charge in [-0.3, -0.25) is 0 Å². The van der Waals surface area contributed by atoms with Crippen molar-refractivity contribution in [1.29, 1.82) is 0 Å². The zero-order valence-corrected chi connectivity index (χ0v) is 11.7. The quantitative estimate of drug-likeness (QED) is 0.570. The van der Waals surface area contributed by atoms with Gasteiger partial charge in [0.2, 0.25) is 0 Å². The number of nitrogens with zero attached hydrogens (tertiary/aromatic N) is 2. The summed E-state index contributed by atoms with van der Waals surface area (Å²) in [6.45, 7) is 5.52. The van der Waals surface area contributed by atoms with E-state index in [2.05, 4.69) is 48.1 Å². The van der Waals surface area contributed by atoms with Gasteiger partial charge in [-0.15, -0.1) is 0 Å². The van der Waals surface area contributed by atoms with E-state index in [1.165, 1.54) is 11.1 Å². The molecule has 2 aromatic rings. The van der Waals surface area contributed by atoms with E-state index in [9.17, 15) is 0 Å². The maximum absolute atomic E-state index is 4.13. The third kappa shape index (κ3) is 3.75. The van der Waals surface area contributed by atoms with Gasteiger partial charge in [0, 0.05) is 12.3 Å². The lowest BCUT2D eigenvalue weighted by molar-refractivity contribution is 1.24. The number of hydrogen-bond donors (Lipinski definition) is 0. The van der Waals surface area contributed by atoms with Crippen molar-refractivity contribution in [2.45, 2.75) is 13.3 Å². The van der Waals surface area contributed by atoms with Crippen LogP contribution >= 0.6 is 0 Å².